The lowest BCUT2D eigenvalue weighted by atomic mass is 9.48. The fourth-order valence-corrected chi connectivity index (χ4v) is 6.05. The number of piperidine rings is 1. The van der Waals surface area contributed by atoms with Gasteiger partial charge >= 0.3 is 0 Å². The Hall–Kier alpha value is -1.30. The molecule has 2 heterocycles. The molecular formula is C18H24N2O3. The minimum absolute atomic E-state index is 0.107. The van der Waals surface area contributed by atoms with Crippen LogP contribution < -0.4 is 10.1 Å². The highest BCUT2D eigenvalue weighted by Gasteiger charge is 2.72. The fourth-order valence-electron chi connectivity index (χ4n) is 6.05. The number of benzene rings is 1. The Morgan fingerprint density at radius 1 is 1.35 bits per heavy atom. The van der Waals surface area contributed by atoms with Gasteiger partial charge in [0, 0.05) is 17.6 Å². The third-order valence-electron chi connectivity index (χ3n) is 7.10. The maximum atomic E-state index is 11.9. The van der Waals surface area contributed by atoms with Crippen molar-refractivity contribution >= 4 is 0 Å². The number of likely N-dealkylation sites (tertiary alicyclic amines) is 1. The number of ether oxygens (including phenoxy) is 1. The molecule has 4 aliphatic rings. The number of nitrogens with zero attached hydrogens (tertiary/aromatic N) is 1. The molecule has 2 aliphatic heterocycles. The molecule has 2 aliphatic carbocycles. The first-order valence-corrected chi connectivity index (χ1v) is 8.65. The Kier molecular flexibility index (Phi) is 2.57. The van der Waals surface area contributed by atoms with Crippen molar-refractivity contribution in [2.45, 2.75) is 54.9 Å². The number of aliphatic hydroxyl groups is 1. The van der Waals surface area contributed by atoms with Crippen LogP contribution in [-0.2, 0) is 11.8 Å². The maximum Gasteiger partial charge on any atom is 0.165 e. The van der Waals surface area contributed by atoms with Gasteiger partial charge in [0.2, 0.25) is 0 Å². The molecule has 5 heteroatoms. The van der Waals surface area contributed by atoms with Crippen molar-refractivity contribution in [1.82, 2.24) is 10.2 Å². The first-order valence-electron chi connectivity index (χ1n) is 8.65. The van der Waals surface area contributed by atoms with Gasteiger partial charge in [0.05, 0.1) is 11.0 Å². The average Bonchev–Trinajstić information content (AvgIpc) is 2.89. The number of nitrogens with one attached hydrogen (secondary N) is 1. The molecule has 5 atom stereocenters. The van der Waals surface area contributed by atoms with Gasteiger partial charge in [-0.1, -0.05) is 6.07 Å². The molecule has 0 amide bonds. The molecule has 0 radical (unpaired) electrons. The van der Waals surface area contributed by atoms with Gasteiger partial charge in [-0.05, 0) is 58.0 Å². The van der Waals surface area contributed by atoms with Crippen LogP contribution in [0.2, 0.25) is 0 Å². The predicted octanol–water partition coefficient (Wildman–Crippen LogP) is 0.764. The lowest BCUT2D eigenvalue weighted by Gasteiger charge is -2.63. The molecule has 124 valence electrons. The third-order valence-corrected chi connectivity index (χ3v) is 7.10. The van der Waals surface area contributed by atoms with Gasteiger partial charge in [-0.15, -0.1) is 0 Å². The van der Waals surface area contributed by atoms with Crippen LogP contribution in [0, 0.1) is 0 Å². The van der Waals surface area contributed by atoms with Crippen molar-refractivity contribution in [2.24, 2.45) is 0 Å². The molecule has 1 aromatic carbocycles. The highest BCUT2D eigenvalue weighted by atomic mass is 16.5. The molecule has 1 saturated heterocycles. The molecule has 1 spiro atoms. The van der Waals surface area contributed by atoms with Crippen LogP contribution in [-0.4, -0.2) is 59.5 Å². The largest absolute Gasteiger partial charge is 0.504 e. The Morgan fingerprint density at radius 3 is 2.96 bits per heavy atom. The number of likely N-dealkylation sites (N-methyl/N-ethyl adjacent to an activating group) is 2. The minimum atomic E-state index is -0.774. The van der Waals surface area contributed by atoms with Crippen LogP contribution in [0.1, 0.15) is 30.4 Å². The van der Waals surface area contributed by atoms with E-state index in [0.29, 0.717) is 5.75 Å². The van der Waals surface area contributed by atoms with Gasteiger partial charge in [0.15, 0.2) is 11.5 Å². The van der Waals surface area contributed by atoms with Gasteiger partial charge in [-0.2, -0.15) is 0 Å². The number of hydrogen-bond donors (Lipinski definition) is 3. The molecule has 3 N–H and O–H groups in total. The van der Waals surface area contributed by atoms with Crippen LogP contribution in [0.25, 0.3) is 0 Å². The van der Waals surface area contributed by atoms with Gasteiger partial charge < -0.3 is 25.2 Å². The van der Waals surface area contributed by atoms with E-state index in [0.717, 1.165) is 37.8 Å². The summed E-state index contributed by atoms with van der Waals surface area (Å²) in [6.45, 7) is 0.956. The summed E-state index contributed by atoms with van der Waals surface area (Å²) in [6.07, 6.45) is 3.28. The minimum Gasteiger partial charge on any atom is -0.504 e. The molecule has 2 bridgehead atoms. The molecule has 0 aromatic heterocycles. The Balaban J connectivity index is 1.83. The number of phenols is 1. The summed E-state index contributed by atoms with van der Waals surface area (Å²) in [4.78, 5) is 2.32. The topological polar surface area (TPSA) is 65.0 Å². The summed E-state index contributed by atoms with van der Waals surface area (Å²) >= 11 is 0. The number of hydrogen-bond acceptors (Lipinski definition) is 5. The molecule has 1 unspecified atom stereocenters. The zero-order chi connectivity index (χ0) is 16.0. The van der Waals surface area contributed by atoms with Gasteiger partial charge in [-0.3, -0.25) is 0 Å². The Bertz CT molecular complexity index is 693. The van der Waals surface area contributed by atoms with E-state index in [-0.39, 0.29) is 23.9 Å². The Labute approximate surface area is 136 Å². The van der Waals surface area contributed by atoms with E-state index in [1.165, 1.54) is 5.56 Å². The monoisotopic (exact) mass is 316 g/mol. The molecule has 1 aromatic rings. The average molecular weight is 316 g/mol. The zero-order valence-electron chi connectivity index (χ0n) is 13.7. The van der Waals surface area contributed by atoms with E-state index in [1.807, 2.05) is 13.1 Å². The molecule has 5 rings (SSSR count). The van der Waals surface area contributed by atoms with Crippen molar-refractivity contribution in [3.63, 3.8) is 0 Å². The highest BCUT2D eigenvalue weighted by Crippen LogP contribution is 2.65. The molecule has 23 heavy (non-hydrogen) atoms. The van der Waals surface area contributed by atoms with Gasteiger partial charge in [0.25, 0.3) is 0 Å². The van der Waals surface area contributed by atoms with Crippen LogP contribution in [0.5, 0.6) is 11.5 Å². The third kappa shape index (κ3) is 1.37. The normalized spacial score (nSPS) is 43.9. The van der Waals surface area contributed by atoms with Crippen molar-refractivity contribution in [2.75, 3.05) is 20.6 Å². The van der Waals surface area contributed by atoms with Crippen molar-refractivity contribution in [3.8, 4) is 11.5 Å². The van der Waals surface area contributed by atoms with Crippen LogP contribution in [0.4, 0.5) is 0 Å². The molecule has 5 nitrogen and oxygen atoms in total. The summed E-state index contributed by atoms with van der Waals surface area (Å²) in [6, 6.07) is 4.10. The first-order chi connectivity index (χ1) is 11.0. The number of aromatic hydroxyl groups is 1. The summed E-state index contributed by atoms with van der Waals surface area (Å²) in [7, 11) is 4.09. The standard InChI is InChI=1S/C18H24N2O3/c1-19-11-5-6-18(22)13-9-10-3-4-12(21)15-14(10)17(18,16(11)23-15)7-8-20(13)2/h3-4,11,13,16,19,21-22H,5-9H2,1-2H3/t11-,13?,16+,17+,18-/m1/s1. The second-order valence-corrected chi connectivity index (χ2v) is 7.77. The van der Waals surface area contributed by atoms with E-state index in [1.54, 1.807) is 6.07 Å². The van der Waals surface area contributed by atoms with Crippen LogP contribution in [0.3, 0.4) is 0 Å². The smallest absolute Gasteiger partial charge is 0.165 e. The van der Waals surface area contributed by atoms with Crippen LogP contribution in [0.15, 0.2) is 12.1 Å². The number of rotatable bonds is 1. The second-order valence-electron chi connectivity index (χ2n) is 7.77. The summed E-state index contributed by atoms with van der Waals surface area (Å²) < 4.78 is 6.32. The van der Waals surface area contributed by atoms with Crippen molar-refractivity contribution in [1.29, 1.82) is 0 Å². The summed E-state index contributed by atoms with van der Waals surface area (Å²) in [5.41, 5.74) is 1.16. The molecule has 2 fully saturated rings. The van der Waals surface area contributed by atoms with E-state index in [9.17, 15) is 10.2 Å². The van der Waals surface area contributed by atoms with Crippen LogP contribution >= 0.6 is 0 Å². The molecule has 1 saturated carbocycles. The first kappa shape index (κ1) is 14.1. The summed E-state index contributed by atoms with van der Waals surface area (Å²) in [5, 5.41) is 25.6. The van der Waals surface area contributed by atoms with E-state index in [2.05, 4.69) is 17.3 Å². The zero-order valence-corrected chi connectivity index (χ0v) is 13.7. The fraction of sp³-hybridized carbons (Fsp3) is 0.667. The van der Waals surface area contributed by atoms with Crippen molar-refractivity contribution < 1.29 is 14.9 Å². The van der Waals surface area contributed by atoms with E-state index in [4.69, 9.17) is 4.74 Å². The Morgan fingerprint density at radius 2 is 2.17 bits per heavy atom. The summed E-state index contributed by atoms with van der Waals surface area (Å²) in [5.74, 6) is 0.832. The SMILES string of the molecule is CN[C@@H]1CC[C@@]2(O)C3Cc4ccc(O)c5c4[C@@]2(CCN3C)[C@H]1O5. The van der Waals surface area contributed by atoms with Gasteiger partial charge in [0.1, 0.15) is 6.10 Å². The second kappa shape index (κ2) is 4.21. The maximum absolute atomic E-state index is 11.9. The highest BCUT2D eigenvalue weighted by molar-refractivity contribution is 5.62. The predicted molar refractivity (Wildman–Crippen MR) is 86.0 cm³/mol. The lowest BCUT2D eigenvalue weighted by Crippen LogP contribution is -2.77. The van der Waals surface area contributed by atoms with Crippen molar-refractivity contribution in [3.05, 3.63) is 23.3 Å². The van der Waals surface area contributed by atoms with E-state index < -0.39 is 11.0 Å². The van der Waals surface area contributed by atoms with Gasteiger partial charge in [-0.25, -0.2) is 0 Å². The quantitative estimate of drug-likeness (QED) is 0.714. The van der Waals surface area contributed by atoms with E-state index >= 15 is 0 Å². The lowest BCUT2D eigenvalue weighted by molar-refractivity contribution is -0.186. The number of phenolic OH excluding ortho intramolecular Hbond substituents is 1. The molecular weight excluding hydrogens is 292 g/mol.